The highest BCUT2D eigenvalue weighted by Crippen LogP contribution is 2.22. The Morgan fingerprint density at radius 2 is 2.25 bits per heavy atom. The van der Waals surface area contributed by atoms with Crippen LogP contribution in [0.3, 0.4) is 0 Å². The third-order valence-corrected chi connectivity index (χ3v) is 3.73. The minimum atomic E-state index is 0.111. The Morgan fingerprint density at radius 3 is 2.95 bits per heavy atom. The largest absolute Gasteiger partial charge is 0.385 e. The van der Waals surface area contributed by atoms with Gasteiger partial charge in [-0.05, 0) is 32.4 Å². The van der Waals surface area contributed by atoms with Crippen molar-refractivity contribution in [3.05, 3.63) is 29.3 Å². The lowest BCUT2D eigenvalue weighted by atomic mass is 10.1. The van der Waals surface area contributed by atoms with Crippen LogP contribution in [-0.4, -0.2) is 43.2 Å². The minimum Gasteiger partial charge on any atom is -0.385 e. The van der Waals surface area contributed by atoms with Crippen LogP contribution < -0.4 is 5.32 Å². The summed E-state index contributed by atoms with van der Waals surface area (Å²) in [6, 6.07) is 6.19. The van der Waals surface area contributed by atoms with E-state index in [1.165, 1.54) is 0 Å². The zero-order valence-corrected chi connectivity index (χ0v) is 12.6. The molecule has 1 heterocycles. The van der Waals surface area contributed by atoms with E-state index in [-0.39, 0.29) is 11.9 Å². The summed E-state index contributed by atoms with van der Waals surface area (Å²) in [6.07, 6.45) is 0.925. The molecule has 2 rings (SSSR count). The molecule has 1 atom stereocenters. The summed E-state index contributed by atoms with van der Waals surface area (Å²) in [5.41, 5.74) is 2.80. The van der Waals surface area contributed by atoms with E-state index in [0.717, 1.165) is 29.8 Å². The molecule has 1 unspecified atom stereocenters. The number of hydrogen-bond donors (Lipinski definition) is 1. The molecule has 1 aliphatic rings. The third-order valence-electron chi connectivity index (χ3n) is 3.73. The monoisotopic (exact) mass is 276 g/mol. The van der Waals surface area contributed by atoms with E-state index in [0.29, 0.717) is 19.8 Å². The SMILES string of the molecule is CCNc1ccc(C)cc1C(=O)N1CCOCC1CC. The summed E-state index contributed by atoms with van der Waals surface area (Å²) in [7, 11) is 0. The van der Waals surface area contributed by atoms with Crippen molar-refractivity contribution in [1.29, 1.82) is 0 Å². The molecule has 1 aromatic carbocycles. The fourth-order valence-electron chi connectivity index (χ4n) is 2.59. The number of benzene rings is 1. The number of anilines is 1. The van der Waals surface area contributed by atoms with Crippen molar-refractivity contribution in [3.63, 3.8) is 0 Å². The number of ether oxygens (including phenoxy) is 1. The van der Waals surface area contributed by atoms with Gasteiger partial charge in [0.05, 0.1) is 24.8 Å². The number of rotatable bonds is 4. The Hall–Kier alpha value is -1.55. The number of carbonyl (C=O) groups excluding carboxylic acids is 1. The Balaban J connectivity index is 2.29. The standard InChI is InChI=1S/C16H24N2O2/c1-4-13-11-20-9-8-18(13)16(19)14-10-12(3)6-7-15(14)17-5-2/h6-7,10,13,17H,4-5,8-9,11H2,1-3H3. The van der Waals surface area contributed by atoms with Gasteiger partial charge < -0.3 is 15.0 Å². The molecule has 1 aliphatic heterocycles. The van der Waals surface area contributed by atoms with Crippen LogP contribution in [0, 0.1) is 6.92 Å². The first-order valence-electron chi connectivity index (χ1n) is 7.40. The number of aryl methyl sites for hydroxylation is 1. The van der Waals surface area contributed by atoms with Gasteiger partial charge in [-0.3, -0.25) is 4.79 Å². The predicted molar refractivity (Wildman–Crippen MR) is 81.3 cm³/mol. The molecule has 1 fully saturated rings. The van der Waals surface area contributed by atoms with Gasteiger partial charge in [-0.25, -0.2) is 0 Å². The number of morpholine rings is 1. The summed E-state index contributed by atoms with van der Waals surface area (Å²) < 4.78 is 5.48. The lowest BCUT2D eigenvalue weighted by molar-refractivity contribution is -0.00275. The lowest BCUT2D eigenvalue weighted by Crippen LogP contribution is -2.48. The minimum absolute atomic E-state index is 0.111. The Morgan fingerprint density at radius 1 is 1.45 bits per heavy atom. The van der Waals surface area contributed by atoms with Crippen LogP contribution in [0.15, 0.2) is 18.2 Å². The molecular weight excluding hydrogens is 252 g/mol. The van der Waals surface area contributed by atoms with Crippen molar-refractivity contribution in [2.24, 2.45) is 0 Å². The fourth-order valence-corrected chi connectivity index (χ4v) is 2.59. The van der Waals surface area contributed by atoms with Crippen molar-refractivity contribution in [1.82, 2.24) is 4.90 Å². The second kappa shape index (κ2) is 6.75. The summed E-state index contributed by atoms with van der Waals surface area (Å²) in [5.74, 6) is 0.111. The van der Waals surface area contributed by atoms with E-state index in [1.807, 2.05) is 36.9 Å². The average Bonchev–Trinajstić information content (AvgIpc) is 2.48. The van der Waals surface area contributed by atoms with Gasteiger partial charge in [0.2, 0.25) is 0 Å². The molecule has 4 nitrogen and oxygen atoms in total. The van der Waals surface area contributed by atoms with E-state index in [1.54, 1.807) is 0 Å². The molecule has 1 saturated heterocycles. The van der Waals surface area contributed by atoms with Crippen LogP contribution in [0.1, 0.15) is 36.2 Å². The average molecular weight is 276 g/mol. The number of carbonyl (C=O) groups is 1. The maximum absolute atomic E-state index is 12.8. The zero-order chi connectivity index (χ0) is 14.5. The van der Waals surface area contributed by atoms with Crippen LogP contribution in [0.5, 0.6) is 0 Å². The van der Waals surface area contributed by atoms with Gasteiger partial charge in [0, 0.05) is 18.8 Å². The third kappa shape index (κ3) is 3.12. The summed E-state index contributed by atoms with van der Waals surface area (Å²) >= 11 is 0. The van der Waals surface area contributed by atoms with Crippen molar-refractivity contribution in [2.75, 3.05) is 31.6 Å². The second-order valence-corrected chi connectivity index (χ2v) is 5.21. The number of nitrogens with zero attached hydrogens (tertiary/aromatic N) is 1. The molecule has 0 radical (unpaired) electrons. The Labute approximate surface area is 121 Å². The van der Waals surface area contributed by atoms with Gasteiger partial charge in [0.15, 0.2) is 0 Å². The first kappa shape index (κ1) is 14.9. The maximum Gasteiger partial charge on any atom is 0.256 e. The quantitative estimate of drug-likeness (QED) is 0.919. The van der Waals surface area contributed by atoms with Gasteiger partial charge in [-0.1, -0.05) is 18.6 Å². The molecule has 0 bridgehead atoms. The van der Waals surface area contributed by atoms with Crippen LogP contribution in [0.2, 0.25) is 0 Å². The van der Waals surface area contributed by atoms with Gasteiger partial charge in [-0.2, -0.15) is 0 Å². The maximum atomic E-state index is 12.8. The van der Waals surface area contributed by atoms with Crippen LogP contribution >= 0.6 is 0 Å². The predicted octanol–water partition coefficient (Wildman–Crippen LogP) is 2.68. The fraction of sp³-hybridized carbons (Fsp3) is 0.562. The molecule has 0 aromatic heterocycles. The van der Waals surface area contributed by atoms with Crippen molar-refractivity contribution < 1.29 is 9.53 Å². The van der Waals surface area contributed by atoms with Crippen LogP contribution in [-0.2, 0) is 4.74 Å². The first-order chi connectivity index (χ1) is 9.67. The molecule has 1 N–H and O–H groups in total. The summed E-state index contributed by atoms with van der Waals surface area (Å²) in [4.78, 5) is 14.8. The number of nitrogens with one attached hydrogen (secondary N) is 1. The second-order valence-electron chi connectivity index (χ2n) is 5.21. The molecule has 4 heteroatoms. The number of hydrogen-bond acceptors (Lipinski definition) is 3. The molecular formula is C16H24N2O2. The molecule has 0 aliphatic carbocycles. The van der Waals surface area contributed by atoms with E-state index in [9.17, 15) is 4.79 Å². The smallest absolute Gasteiger partial charge is 0.256 e. The summed E-state index contributed by atoms with van der Waals surface area (Å²) in [6.45, 7) is 8.91. The van der Waals surface area contributed by atoms with Gasteiger partial charge in [0.25, 0.3) is 5.91 Å². The Bertz CT molecular complexity index is 474. The Kier molecular flexibility index (Phi) is 5.01. The number of amides is 1. The van der Waals surface area contributed by atoms with Crippen molar-refractivity contribution in [2.45, 2.75) is 33.2 Å². The molecule has 110 valence electrons. The van der Waals surface area contributed by atoms with Gasteiger partial charge >= 0.3 is 0 Å². The highest BCUT2D eigenvalue weighted by atomic mass is 16.5. The molecule has 20 heavy (non-hydrogen) atoms. The molecule has 1 amide bonds. The van der Waals surface area contributed by atoms with E-state index in [4.69, 9.17) is 4.74 Å². The van der Waals surface area contributed by atoms with Gasteiger partial charge in [-0.15, -0.1) is 0 Å². The molecule has 1 aromatic rings. The lowest BCUT2D eigenvalue weighted by Gasteiger charge is -2.35. The van der Waals surface area contributed by atoms with Crippen LogP contribution in [0.25, 0.3) is 0 Å². The van der Waals surface area contributed by atoms with E-state index >= 15 is 0 Å². The summed E-state index contributed by atoms with van der Waals surface area (Å²) in [5, 5.41) is 3.28. The van der Waals surface area contributed by atoms with E-state index in [2.05, 4.69) is 12.2 Å². The topological polar surface area (TPSA) is 41.6 Å². The molecule has 0 saturated carbocycles. The van der Waals surface area contributed by atoms with Crippen molar-refractivity contribution >= 4 is 11.6 Å². The molecule has 0 spiro atoms. The van der Waals surface area contributed by atoms with E-state index < -0.39 is 0 Å². The van der Waals surface area contributed by atoms with Gasteiger partial charge in [0.1, 0.15) is 0 Å². The first-order valence-corrected chi connectivity index (χ1v) is 7.40. The highest BCUT2D eigenvalue weighted by molar-refractivity contribution is 6.00. The highest BCUT2D eigenvalue weighted by Gasteiger charge is 2.28. The zero-order valence-electron chi connectivity index (χ0n) is 12.6. The van der Waals surface area contributed by atoms with Crippen LogP contribution in [0.4, 0.5) is 5.69 Å². The van der Waals surface area contributed by atoms with Crippen molar-refractivity contribution in [3.8, 4) is 0 Å². The normalized spacial score (nSPS) is 18.9.